The average molecular weight is 453 g/mol. The Bertz CT molecular complexity index is 1050. The number of ether oxygens (including phenoxy) is 1. The topological polar surface area (TPSA) is 58.6 Å². The van der Waals surface area contributed by atoms with Crippen molar-refractivity contribution in [2.45, 2.75) is 39.3 Å². The standard InChI is InChI=1S/C26H29ClN2O3/c1-3-16-28-26(31)23(4-2)29(17-19-12-14-21(27)15-13-19)25(30)18-32-24-11-7-9-20-8-5-6-10-22(20)24/h5-15,23H,3-4,16-18H2,1-2H3,(H,28,31)/t23-/m1/s1. The van der Waals surface area contributed by atoms with Gasteiger partial charge in [0.05, 0.1) is 0 Å². The summed E-state index contributed by atoms with van der Waals surface area (Å²) in [5.41, 5.74) is 0.898. The van der Waals surface area contributed by atoms with Gasteiger partial charge in [0.25, 0.3) is 5.91 Å². The largest absolute Gasteiger partial charge is 0.483 e. The molecule has 0 saturated carbocycles. The highest BCUT2D eigenvalue weighted by Crippen LogP contribution is 2.25. The van der Waals surface area contributed by atoms with E-state index in [1.54, 1.807) is 17.0 Å². The smallest absolute Gasteiger partial charge is 0.261 e. The fraction of sp³-hybridized carbons (Fsp3) is 0.308. The number of carbonyl (C=O) groups excluding carboxylic acids is 2. The fourth-order valence-electron chi connectivity index (χ4n) is 3.62. The molecule has 0 heterocycles. The number of amides is 2. The minimum absolute atomic E-state index is 0.151. The molecule has 168 valence electrons. The summed E-state index contributed by atoms with van der Waals surface area (Å²) in [7, 11) is 0. The van der Waals surface area contributed by atoms with E-state index in [2.05, 4.69) is 5.32 Å². The highest BCUT2D eigenvalue weighted by Gasteiger charge is 2.28. The van der Waals surface area contributed by atoms with Crippen molar-refractivity contribution in [1.82, 2.24) is 10.2 Å². The first-order valence-corrected chi connectivity index (χ1v) is 11.3. The third-order valence-electron chi connectivity index (χ3n) is 5.30. The number of hydrogen-bond acceptors (Lipinski definition) is 3. The molecule has 32 heavy (non-hydrogen) atoms. The van der Waals surface area contributed by atoms with Crippen LogP contribution in [0.25, 0.3) is 10.8 Å². The van der Waals surface area contributed by atoms with Crippen LogP contribution in [-0.4, -0.2) is 35.9 Å². The summed E-state index contributed by atoms with van der Waals surface area (Å²) in [6.07, 6.45) is 1.33. The summed E-state index contributed by atoms with van der Waals surface area (Å²) in [4.78, 5) is 27.7. The summed E-state index contributed by atoms with van der Waals surface area (Å²) >= 11 is 6.01. The van der Waals surface area contributed by atoms with Crippen LogP contribution < -0.4 is 10.1 Å². The molecule has 6 heteroatoms. The molecule has 0 unspecified atom stereocenters. The van der Waals surface area contributed by atoms with Crippen molar-refractivity contribution in [1.29, 1.82) is 0 Å². The van der Waals surface area contributed by atoms with E-state index in [1.165, 1.54) is 0 Å². The first kappa shape index (κ1) is 23.6. The number of nitrogens with zero attached hydrogens (tertiary/aromatic N) is 1. The third-order valence-corrected chi connectivity index (χ3v) is 5.55. The zero-order valence-corrected chi connectivity index (χ0v) is 19.3. The molecule has 0 bridgehead atoms. The van der Waals surface area contributed by atoms with Gasteiger partial charge in [-0.3, -0.25) is 9.59 Å². The Morgan fingerprint density at radius 3 is 2.44 bits per heavy atom. The predicted octanol–water partition coefficient (Wildman–Crippen LogP) is 5.21. The molecule has 0 aliphatic rings. The third kappa shape index (κ3) is 6.01. The van der Waals surface area contributed by atoms with Gasteiger partial charge >= 0.3 is 0 Å². The predicted molar refractivity (Wildman–Crippen MR) is 129 cm³/mol. The van der Waals surface area contributed by atoms with E-state index in [0.717, 1.165) is 22.8 Å². The van der Waals surface area contributed by atoms with Gasteiger partial charge in [0.2, 0.25) is 5.91 Å². The van der Waals surface area contributed by atoms with E-state index in [-0.39, 0.29) is 18.4 Å². The lowest BCUT2D eigenvalue weighted by atomic mass is 10.1. The van der Waals surface area contributed by atoms with Crippen molar-refractivity contribution < 1.29 is 14.3 Å². The van der Waals surface area contributed by atoms with E-state index in [1.807, 2.05) is 68.4 Å². The van der Waals surface area contributed by atoms with Gasteiger partial charge in [0.15, 0.2) is 6.61 Å². The molecule has 0 aromatic heterocycles. The summed E-state index contributed by atoms with van der Waals surface area (Å²) in [5.74, 6) is 0.250. The Morgan fingerprint density at radius 2 is 1.72 bits per heavy atom. The zero-order valence-electron chi connectivity index (χ0n) is 18.5. The van der Waals surface area contributed by atoms with Gasteiger partial charge in [0.1, 0.15) is 11.8 Å². The van der Waals surface area contributed by atoms with Gasteiger partial charge in [-0.1, -0.05) is 74.0 Å². The van der Waals surface area contributed by atoms with Gasteiger partial charge in [-0.2, -0.15) is 0 Å². The molecule has 0 saturated heterocycles. The molecule has 3 aromatic carbocycles. The monoisotopic (exact) mass is 452 g/mol. The zero-order chi connectivity index (χ0) is 22.9. The minimum atomic E-state index is -0.583. The van der Waals surface area contributed by atoms with Crippen LogP contribution >= 0.6 is 11.6 Å². The molecule has 5 nitrogen and oxygen atoms in total. The summed E-state index contributed by atoms with van der Waals surface area (Å²) in [6.45, 7) is 4.62. The van der Waals surface area contributed by atoms with Crippen LogP contribution in [0.3, 0.4) is 0 Å². The molecule has 0 fully saturated rings. The quantitative estimate of drug-likeness (QED) is 0.459. The average Bonchev–Trinajstić information content (AvgIpc) is 2.82. The van der Waals surface area contributed by atoms with Crippen LogP contribution in [0.4, 0.5) is 0 Å². The Hall–Kier alpha value is -3.05. The number of benzene rings is 3. The normalized spacial score (nSPS) is 11.7. The Kier molecular flexibility index (Phi) is 8.51. The van der Waals surface area contributed by atoms with E-state index < -0.39 is 6.04 Å². The van der Waals surface area contributed by atoms with E-state index in [4.69, 9.17) is 16.3 Å². The van der Waals surface area contributed by atoms with Crippen molar-refractivity contribution in [3.63, 3.8) is 0 Å². The van der Waals surface area contributed by atoms with Crippen LogP contribution in [0.15, 0.2) is 66.7 Å². The number of hydrogen-bond donors (Lipinski definition) is 1. The second kappa shape index (κ2) is 11.5. The van der Waals surface area contributed by atoms with Crippen LogP contribution in [-0.2, 0) is 16.1 Å². The number of halogens is 1. The maximum absolute atomic E-state index is 13.3. The number of nitrogens with one attached hydrogen (secondary N) is 1. The van der Waals surface area contributed by atoms with E-state index in [9.17, 15) is 9.59 Å². The van der Waals surface area contributed by atoms with Crippen LogP contribution in [0, 0.1) is 0 Å². The maximum atomic E-state index is 13.3. The van der Waals surface area contributed by atoms with Crippen molar-refractivity contribution >= 4 is 34.2 Å². The molecular formula is C26H29ClN2O3. The molecule has 3 aromatic rings. The number of fused-ring (bicyclic) bond motifs is 1. The van der Waals surface area contributed by atoms with Gasteiger partial charge in [-0.25, -0.2) is 0 Å². The maximum Gasteiger partial charge on any atom is 0.261 e. The molecule has 1 N–H and O–H groups in total. The molecule has 0 aliphatic carbocycles. The van der Waals surface area contributed by atoms with Crippen molar-refractivity contribution in [3.8, 4) is 5.75 Å². The Labute approximate surface area is 194 Å². The Balaban J connectivity index is 1.81. The van der Waals surface area contributed by atoms with Crippen molar-refractivity contribution in [3.05, 3.63) is 77.3 Å². The van der Waals surface area contributed by atoms with Crippen molar-refractivity contribution in [2.75, 3.05) is 13.2 Å². The molecule has 0 radical (unpaired) electrons. The molecule has 1 atom stereocenters. The first-order chi connectivity index (χ1) is 15.5. The lowest BCUT2D eigenvalue weighted by Crippen LogP contribution is -2.50. The lowest BCUT2D eigenvalue weighted by molar-refractivity contribution is -0.142. The van der Waals surface area contributed by atoms with Crippen LogP contribution in [0.2, 0.25) is 5.02 Å². The Morgan fingerprint density at radius 1 is 1.00 bits per heavy atom. The second-order valence-electron chi connectivity index (χ2n) is 7.63. The molecular weight excluding hydrogens is 424 g/mol. The first-order valence-electron chi connectivity index (χ1n) is 11.0. The van der Waals surface area contributed by atoms with Gasteiger partial charge < -0.3 is 15.0 Å². The summed E-state index contributed by atoms with van der Waals surface area (Å²) < 4.78 is 5.93. The molecule has 0 aliphatic heterocycles. The highest BCUT2D eigenvalue weighted by molar-refractivity contribution is 6.30. The van der Waals surface area contributed by atoms with E-state index in [0.29, 0.717) is 30.3 Å². The minimum Gasteiger partial charge on any atom is -0.483 e. The highest BCUT2D eigenvalue weighted by atomic mass is 35.5. The second-order valence-corrected chi connectivity index (χ2v) is 8.07. The van der Waals surface area contributed by atoms with E-state index >= 15 is 0 Å². The molecule has 3 rings (SSSR count). The molecule has 0 spiro atoms. The summed E-state index contributed by atoms with van der Waals surface area (Å²) in [5, 5.41) is 5.53. The van der Waals surface area contributed by atoms with Crippen molar-refractivity contribution in [2.24, 2.45) is 0 Å². The summed E-state index contributed by atoms with van der Waals surface area (Å²) in [6, 6.07) is 20.3. The lowest BCUT2D eigenvalue weighted by Gasteiger charge is -2.30. The van der Waals surface area contributed by atoms with Gasteiger partial charge in [-0.15, -0.1) is 0 Å². The number of rotatable bonds is 10. The van der Waals surface area contributed by atoms with Crippen LogP contribution in [0.1, 0.15) is 32.3 Å². The SMILES string of the molecule is CCCNC(=O)[C@@H](CC)N(Cc1ccc(Cl)cc1)C(=O)COc1cccc2ccccc12. The molecule has 2 amide bonds. The fourth-order valence-corrected chi connectivity index (χ4v) is 3.74. The number of carbonyl (C=O) groups is 2. The van der Waals surface area contributed by atoms with Gasteiger partial charge in [-0.05, 0) is 42.0 Å². The van der Waals surface area contributed by atoms with Crippen LogP contribution in [0.5, 0.6) is 5.75 Å². The van der Waals surface area contributed by atoms with Gasteiger partial charge in [0, 0.05) is 23.5 Å².